The highest BCUT2D eigenvalue weighted by Gasteiger charge is 2.08. The molecule has 0 atom stereocenters. The van der Waals surface area contributed by atoms with E-state index in [-0.39, 0.29) is 0 Å². The van der Waals surface area contributed by atoms with Gasteiger partial charge in [0.2, 0.25) is 0 Å². The van der Waals surface area contributed by atoms with Gasteiger partial charge in [-0.3, -0.25) is 0 Å². The van der Waals surface area contributed by atoms with Crippen LogP contribution in [0, 0.1) is 0 Å². The molecule has 0 N–H and O–H groups in total. The topological polar surface area (TPSA) is 16.1 Å². The van der Waals surface area contributed by atoms with Crippen molar-refractivity contribution >= 4 is 5.82 Å². The van der Waals surface area contributed by atoms with E-state index in [9.17, 15) is 0 Å². The quantitative estimate of drug-likeness (QED) is 0.661. The highest BCUT2D eigenvalue weighted by molar-refractivity contribution is 5.39. The van der Waals surface area contributed by atoms with Gasteiger partial charge in [0.25, 0.3) is 0 Å². The molecule has 2 nitrogen and oxygen atoms in total. The van der Waals surface area contributed by atoms with Crippen LogP contribution in [0.5, 0.6) is 0 Å². The van der Waals surface area contributed by atoms with E-state index in [1.54, 1.807) is 0 Å². The van der Waals surface area contributed by atoms with Gasteiger partial charge in [0, 0.05) is 18.8 Å². The molecule has 0 amide bonds. The Hall–Kier alpha value is -1.31. The molecule has 0 aliphatic rings. The summed E-state index contributed by atoms with van der Waals surface area (Å²) in [5, 5.41) is 0. The number of rotatable bonds is 7. The molecular weight excluding hydrogens is 208 g/mol. The minimum Gasteiger partial charge on any atom is -0.356 e. The maximum absolute atomic E-state index is 4.74. The van der Waals surface area contributed by atoms with Crippen molar-refractivity contribution in [2.24, 2.45) is 0 Å². The van der Waals surface area contributed by atoms with Crippen molar-refractivity contribution in [3.05, 3.63) is 36.5 Å². The molecule has 0 saturated heterocycles. The first-order valence-electron chi connectivity index (χ1n) is 6.51. The number of pyridine rings is 1. The fraction of sp³-hybridized carbons (Fsp3) is 0.533. The molecular formula is C15H24N2. The van der Waals surface area contributed by atoms with E-state index in [2.05, 4.69) is 50.4 Å². The lowest BCUT2D eigenvalue weighted by Gasteiger charge is -2.23. The van der Waals surface area contributed by atoms with Gasteiger partial charge < -0.3 is 4.90 Å². The van der Waals surface area contributed by atoms with Crippen molar-refractivity contribution in [1.82, 2.24) is 4.98 Å². The normalized spacial score (nSPS) is 10.6. The lowest BCUT2D eigenvalue weighted by atomic mass is 10.1. The van der Waals surface area contributed by atoms with E-state index >= 15 is 0 Å². The van der Waals surface area contributed by atoms with Gasteiger partial charge in [0.15, 0.2) is 0 Å². The molecule has 0 unspecified atom stereocenters. The smallest absolute Gasteiger partial charge is 0.128 e. The Kier molecular flexibility index (Phi) is 5.75. The summed E-state index contributed by atoms with van der Waals surface area (Å²) in [4.78, 5) is 7.08. The Balaban J connectivity index is 2.84. The molecule has 2 heteroatoms. The third-order valence-electron chi connectivity index (χ3n) is 2.77. The molecule has 1 aromatic heterocycles. The summed E-state index contributed by atoms with van der Waals surface area (Å²) in [6.45, 7) is 12.4. The average molecular weight is 232 g/mol. The first kappa shape index (κ1) is 13.8. The summed E-state index contributed by atoms with van der Waals surface area (Å²) in [5.41, 5.74) is 1.17. The van der Waals surface area contributed by atoms with E-state index in [0.29, 0.717) is 5.92 Å². The molecule has 0 aliphatic heterocycles. The molecule has 0 saturated carbocycles. The van der Waals surface area contributed by atoms with Crippen molar-refractivity contribution in [3.63, 3.8) is 0 Å². The molecule has 0 aliphatic carbocycles. The van der Waals surface area contributed by atoms with Crippen molar-refractivity contribution < 1.29 is 0 Å². The number of nitrogens with zero attached hydrogens (tertiary/aromatic N) is 2. The summed E-state index contributed by atoms with van der Waals surface area (Å²) in [7, 11) is 0. The molecule has 1 aromatic rings. The van der Waals surface area contributed by atoms with E-state index in [1.807, 2.05) is 6.08 Å². The Morgan fingerprint density at radius 3 is 2.71 bits per heavy atom. The monoisotopic (exact) mass is 232 g/mol. The Bertz CT molecular complexity index is 345. The Morgan fingerprint density at radius 2 is 2.12 bits per heavy atom. The fourth-order valence-corrected chi connectivity index (χ4v) is 1.80. The SMILES string of the molecule is C=CCCN(CCC)c1cccc(C(C)C)n1. The predicted molar refractivity (Wildman–Crippen MR) is 75.6 cm³/mol. The lowest BCUT2D eigenvalue weighted by molar-refractivity contribution is 0.740. The van der Waals surface area contributed by atoms with Gasteiger partial charge in [0.1, 0.15) is 5.82 Å². The number of hydrogen-bond acceptors (Lipinski definition) is 2. The van der Waals surface area contributed by atoms with Gasteiger partial charge in [0.05, 0.1) is 0 Å². The second-order valence-electron chi connectivity index (χ2n) is 4.64. The molecule has 94 valence electrons. The van der Waals surface area contributed by atoms with E-state index in [1.165, 1.54) is 5.69 Å². The van der Waals surface area contributed by atoms with Gasteiger partial charge in [-0.1, -0.05) is 32.9 Å². The summed E-state index contributed by atoms with van der Waals surface area (Å²) >= 11 is 0. The van der Waals surface area contributed by atoms with Crippen molar-refractivity contribution in [2.45, 2.75) is 39.5 Å². The minimum atomic E-state index is 0.484. The van der Waals surface area contributed by atoms with Crippen LogP contribution in [-0.4, -0.2) is 18.1 Å². The van der Waals surface area contributed by atoms with Crippen molar-refractivity contribution in [2.75, 3.05) is 18.0 Å². The van der Waals surface area contributed by atoms with Crippen molar-refractivity contribution in [3.8, 4) is 0 Å². The molecule has 0 spiro atoms. The van der Waals surface area contributed by atoms with Gasteiger partial charge in [-0.05, 0) is 30.9 Å². The summed E-state index contributed by atoms with van der Waals surface area (Å²) < 4.78 is 0. The van der Waals surface area contributed by atoms with Crippen LogP contribution >= 0.6 is 0 Å². The van der Waals surface area contributed by atoms with Crippen LogP contribution in [0.4, 0.5) is 5.82 Å². The highest BCUT2D eigenvalue weighted by Crippen LogP contribution is 2.17. The van der Waals surface area contributed by atoms with Crippen LogP contribution in [0.3, 0.4) is 0 Å². The van der Waals surface area contributed by atoms with Crippen LogP contribution in [-0.2, 0) is 0 Å². The van der Waals surface area contributed by atoms with Gasteiger partial charge >= 0.3 is 0 Å². The maximum Gasteiger partial charge on any atom is 0.128 e. The van der Waals surface area contributed by atoms with Crippen LogP contribution in [0.2, 0.25) is 0 Å². The average Bonchev–Trinajstić information content (AvgIpc) is 2.34. The highest BCUT2D eigenvalue weighted by atomic mass is 15.2. The standard InChI is InChI=1S/C15H24N2/c1-5-7-12-17(11-6-2)15-10-8-9-14(16-15)13(3)4/h5,8-10,13H,1,6-7,11-12H2,2-4H3. The summed E-state index contributed by atoms with van der Waals surface area (Å²) in [6, 6.07) is 6.31. The van der Waals surface area contributed by atoms with Crippen LogP contribution < -0.4 is 4.90 Å². The first-order chi connectivity index (χ1) is 8.19. The zero-order valence-electron chi connectivity index (χ0n) is 11.3. The maximum atomic E-state index is 4.74. The third-order valence-corrected chi connectivity index (χ3v) is 2.77. The molecule has 0 bridgehead atoms. The van der Waals surface area contributed by atoms with Gasteiger partial charge in [-0.15, -0.1) is 6.58 Å². The summed E-state index contributed by atoms with van der Waals surface area (Å²) in [6.07, 6.45) is 4.12. The largest absolute Gasteiger partial charge is 0.356 e. The molecule has 0 fully saturated rings. The number of anilines is 1. The van der Waals surface area contributed by atoms with Gasteiger partial charge in [-0.25, -0.2) is 4.98 Å². The fourth-order valence-electron chi connectivity index (χ4n) is 1.80. The van der Waals surface area contributed by atoms with E-state index in [0.717, 1.165) is 31.7 Å². The molecule has 17 heavy (non-hydrogen) atoms. The lowest BCUT2D eigenvalue weighted by Crippen LogP contribution is -2.26. The van der Waals surface area contributed by atoms with E-state index < -0.39 is 0 Å². The molecule has 0 radical (unpaired) electrons. The first-order valence-corrected chi connectivity index (χ1v) is 6.51. The Labute approximate surface area is 105 Å². The van der Waals surface area contributed by atoms with Crippen LogP contribution in [0.1, 0.15) is 45.2 Å². The van der Waals surface area contributed by atoms with E-state index in [4.69, 9.17) is 4.98 Å². The zero-order chi connectivity index (χ0) is 12.7. The zero-order valence-corrected chi connectivity index (χ0v) is 11.3. The number of hydrogen-bond donors (Lipinski definition) is 0. The third kappa shape index (κ3) is 4.22. The number of aromatic nitrogens is 1. The molecule has 1 rings (SSSR count). The Morgan fingerprint density at radius 1 is 1.35 bits per heavy atom. The van der Waals surface area contributed by atoms with Crippen molar-refractivity contribution in [1.29, 1.82) is 0 Å². The van der Waals surface area contributed by atoms with Crippen LogP contribution in [0.15, 0.2) is 30.9 Å². The van der Waals surface area contributed by atoms with Crippen LogP contribution in [0.25, 0.3) is 0 Å². The predicted octanol–water partition coefficient (Wildman–Crippen LogP) is 4.00. The second kappa shape index (κ2) is 7.10. The van der Waals surface area contributed by atoms with Gasteiger partial charge in [-0.2, -0.15) is 0 Å². The second-order valence-corrected chi connectivity index (χ2v) is 4.64. The molecule has 0 aromatic carbocycles. The summed E-state index contributed by atoms with van der Waals surface area (Å²) in [5.74, 6) is 1.58. The molecule has 1 heterocycles. The minimum absolute atomic E-state index is 0.484.